The van der Waals surface area contributed by atoms with Crippen molar-refractivity contribution in [1.29, 1.82) is 0 Å². The molecule has 2 N–H and O–H groups in total. The Labute approximate surface area is 249 Å². The Kier molecular flexibility index (Phi) is 7.33. The van der Waals surface area contributed by atoms with Crippen LogP contribution in [0.25, 0.3) is 0 Å². The number of benzene rings is 2. The van der Waals surface area contributed by atoms with Gasteiger partial charge in [-0.2, -0.15) is 8.42 Å². The van der Waals surface area contributed by atoms with Crippen molar-refractivity contribution in [2.45, 2.75) is 29.9 Å². The van der Waals surface area contributed by atoms with Crippen LogP contribution in [0.3, 0.4) is 0 Å². The van der Waals surface area contributed by atoms with E-state index in [9.17, 15) is 18.0 Å². The number of likely N-dealkylation sites (tertiary alicyclic amines) is 1. The van der Waals surface area contributed by atoms with Crippen molar-refractivity contribution in [2.75, 3.05) is 31.0 Å². The zero-order valence-corrected chi connectivity index (χ0v) is 24.2. The van der Waals surface area contributed by atoms with Crippen LogP contribution in [-0.4, -0.2) is 51.9 Å². The van der Waals surface area contributed by atoms with Gasteiger partial charge >= 0.3 is 5.97 Å². The largest absolute Gasteiger partial charge is 0.463 e. The van der Waals surface area contributed by atoms with E-state index in [1.165, 1.54) is 23.5 Å². The highest BCUT2D eigenvalue weighted by molar-refractivity contribution is 7.92. The van der Waals surface area contributed by atoms with Gasteiger partial charge in [0.05, 0.1) is 12.8 Å². The molecule has 0 bridgehead atoms. The number of ether oxygens (including phenoxy) is 1. The fourth-order valence-electron chi connectivity index (χ4n) is 5.69. The van der Waals surface area contributed by atoms with Crippen molar-refractivity contribution in [2.24, 2.45) is 5.73 Å². The molecule has 1 fully saturated rings. The molecule has 2 aromatic heterocycles. The maximum absolute atomic E-state index is 13.8. The summed E-state index contributed by atoms with van der Waals surface area (Å²) in [6, 6.07) is 20.8. The van der Waals surface area contributed by atoms with Crippen molar-refractivity contribution in [3.63, 3.8) is 0 Å². The second kappa shape index (κ2) is 11.1. The Hall–Kier alpha value is -4.79. The van der Waals surface area contributed by atoms with Crippen LogP contribution < -0.4 is 10.0 Å². The van der Waals surface area contributed by atoms with Gasteiger partial charge < -0.3 is 24.2 Å². The molecule has 6 rings (SSSR count). The number of amides is 1. The number of carbonyl (C=O) groups excluding carboxylic acids is 2. The maximum atomic E-state index is 13.8. The zero-order valence-electron chi connectivity index (χ0n) is 23.4. The quantitative estimate of drug-likeness (QED) is 0.270. The molecule has 1 spiro atoms. The Morgan fingerprint density at radius 3 is 2.42 bits per heavy atom. The molecule has 0 radical (unpaired) electrons. The van der Waals surface area contributed by atoms with Gasteiger partial charge in [0.25, 0.3) is 15.9 Å². The average Bonchev–Trinajstić information content (AvgIpc) is 3.79. The number of nitrogens with zero attached hydrogens (tertiary/aromatic N) is 2. The number of sulfonamides is 1. The van der Waals surface area contributed by atoms with Crippen molar-refractivity contribution < 1.29 is 31.6 Å². The minimum atomic E-state index is -4.14. The summed E-state index contributed by atoms with van der Waals surface area (Å²) in [6.07, 6.45) is 1.05. The van der Waals surface area contributed by atoms with Crippen molar-refractivity contribution in [3.8, 4) is 11.8 Å². The number of fused-ring (bicyclic) bond motifs is 2. The Morgan fingerprint density at radius 2 is 1.70 bits per heavy atom. The molecule has 10 nitrogen and oxygen atoms in total. The summed E-state index contributed by atoms with van der Waals surface area (Å²) in [5.41, 5.74) is 8.50. The second-order valence-corrected chi connectivity index (χ2v) is 12.3. The van der Waals surface area contributed by atoms with E-state index in [4.69, 9.17) is 14.6 Å². The number of piperidine rings is 1. The number of rotatable bonds is 5. The van der Waals surface area contributed by atoms with Crippen LogP contribution >= 0.6 is 0 Å². The van der Waals surface area contributed by atoms with Gasteiger partial charge in [-0.3, -0.25) is 9.10 Å². The molecule has 1 saturated heterocycles. The predicted molar refractivity (Wildman–Crippen MR) is 157 cm³/mol. The van der Waals surface area contributed by atoms with Crippen molar-refractivity contribution in [1.82, 2.24) is 4.90 Å². The van der Waals surface area contributed by atoms with E-state index in [1.54, 1.807) is 29.2 Å². The second-order valence-electron chi connectivity index (χ2n) is 10.5. The summed E-state index contributed by atoms with van der Waals surface area (Å²) in [5.74, 6) is 5.36. The van der Waals surface area contributed by atoms with Crippen LogP contribution in [0.5, 0.6) is 0 Å². The van der Waals surface area contributed by atoms with Gasteiger partial charge in [-0.25, -0.2) is 4.79 Å². The summed E-state index contributed by atoms with van der Waals surface area (Å²) < 4.78 is 44.7. The summed E-state index contributed by atoms with van der Waals surface area (Å²) >= 11 is 0. The topological polar surface area (TPSA) is 136 Å². The molecular formula is C32H29N3O7S. The van der Waals surface area contributed by atoms with E-state index in [0.29, 0.717) is 43.9 Å². The first-order chi connectivity index (χ1) is 20.7. The van der Waals surface area contributed by atoms with Gasteiger partial charge in [0.1, 0.15) is 0 Å². The first kappa shape index (κ1) is 28.3. The minimum Gasteiger partial charge on any atom is -0.463 e. The van der Waals surface area contributed by atoms with Crippen LogP contribution in [0.4, 0.5) is 5.69 Å². The molecule has 2 aliphatic heterocycles. The van der Waals surface area contributed by atoms with E-state index in [2.05, 4.69) is 16.6 Å². The van der Waals surface area contributed by atoms with Gasteiger partial charge in [-0.05, 0) is 72.4 Å². The van der Waals surface area contributed by atoms with Gasteiger partial charge in [-0.1, -0.05) is 36.3 Å². The zero-order chi connectivity index (χ0) is 30.2. The number of hydrogen-bond donors (Lipinski definition) is 1. The summed E-state index contributed by atoms with van der Waals surface area (Å²) in [4.78, 5) is 26.9. The standard InChI is InChI=1S/C32H29N3O7S/c1-40-31(37)28-13-14-29(42-28)43(38,39)35-21-32(25-19-23(20-33)8-11-26(25)35)15-17-34(18-16-32)30(36)27-12-10-24(41-27)9-7-22-5-3-2-4-6-22/h2-6,8,10-14,19H,15-18,20-21,33H2,1H3. The first-order valence-corrected chi connectivity index (χ1v) is 15.2. The van der Waals surface area contributed by atoms with E-state index < -0.39 is 21.4 Å². The third-order valence-electron chi connectivity index (χ3n) is 8.02. The number of methoxy groups -OCH3 is 1. The SMILES string of the molecule is COC(=O)c1ccc(S(=O)(=O)N2CC3(CCN(C(=O)c4ccc(C#Cc5ccccc5)o4)CC3)c3cc(CN)ccc32)o1. The molecule has 4 aromatic rings. The summed E-state index contributed by atoms with van der Waals surface area (Å²) in [6.45, 7) is 1.26. The minimum absolute atomic E-state index is 0.162. The molecule has 0 aliphatic carbocycles. The number of carbonyl (C=O) groups is 2. The maximum Gasteiger partial charge on any atom is 0.374 e. The van der Waals surface area contributed by atoms with Gasteiger partial charge in [0.2, 0.25) is 10.9 Å². The Morgan fingerprint density at radius 1 is 0.953 bits per heavy atom. The first-order valence-electron chi connectivity index (χ1n) is 13.7. The number of hydrogen-bond acceptors (Lipinski definition) is 8. The van der Waals surface area contributed by atoms with E-state index >= 15 is 0 Å². The molecule has 220 valence electrons. The van der Waals surface area contributed by atoms with E-state index in [1.807, 2.05) is 36.4 Å². The molecule has 0 unspecified atom stereocenters. The third-order valence-corrected chi connectivity index (χ3v) is 9.66. The lowest BCUT2D eigenvalue weighted by atomic mass is 9.74. The molecule has 11 heteroatoms. The van der Waals surface area contributed by atoms with Crippen LogP contribution in [0, 0.1) is 11.8 Å². The van der Waals surface area contributed by atoms with Crippen LogP contribution in [0.1, 0.15) is 56.4 Å². The highest BCUT2D eigenvalue weighted by Crippen LogP contribution is 2.49. The molecule has 0 atom stereocenters. The lowest BCUT2D eigenvalue weighted by Gasteiger charge is -2.39. The fourth-order valence-corrected chi connectivity index (χ4v) is 7.17. The molecular weight excluding hydrogens is 570 g/mol. The number of nitrogens with two attached hydrogens (primary N) is 1. The van der Waals surface area contributed by atoms with Crippen molar-refractivity contribution in [3.05, 3.63) is 107 Å². The molecule has 1 amide bonds. The van der Waals surface area contributed by atoms with Crippen LogP contribution in [0.15, 0.2) is 86.7 Å². The molecule has 0 saturated carbocycles. The monoisotopic (exact) mass is 599 g/mol. The van der Waals surface area contributed by atoms with E-state index in [-0.39, 0.29) is 29.1 Å². The van der Waals surface area contributed by atoms with Crippen LogP contribution in [-0.2, 0) is 26.7 Å². The average molecular weight is 600 g/mol. The highest BCUT2D eigenvalue weighted by Gasteiger charge is 2.49. The third kappa shape index (κ3) is 5.20. The predicted octanol–water partition coefficient (Wildman–Crippen LogP) is 3.90. The smallest absolute Gasteiger partial charge is 0.374 e. The fraction of sp³-hybridized carbons (Fsp3) is 0.250. The molecule has 4 heterocycles. The number of furan rings is 2. The van der Waals surface area contributed by atoms with Crippen LogP contribution in [0.2, 0.25) is 0 Å². The molecule has 2 aromatic carbocycles. The molecule has 2 aliphatic rings. The van der Waals surface area contributed by atoms with E-state index in [0.717, 1.165) is 16.7 Å². The summed E-state index contributed by atoms with van der Waals surface area (Å²) in [7, 11) is -2.95. The van der Waals surface area contributed by atoms with Crippen molar-refractivity contribution >= 4 is 27.6 Å². The Balaban J connectivity index is 1.22. The summed E-state index contributed by atoms with van der Waals surface area (Å²) in [5, 5.41) is -0.351. The number of anilines is 1. The van der Waals surface area contributed by atoms with Gasteiger partial charge in [0.15, 0.2) is 11.5 Å². The van der Waals surface area contributed by atoms with Gasteiger partial charge in [0, 0.05) is 37.2 Å². The normalized spacial score (nSPS) is 15.6. The van der Waals surface area contributed by atoms with Gasteiger partial charge in [-0.15, -0.1) is 0 Å². The lowest BCUT2D eigenvalue weighted by molar-refractivity contribution is 0.0558. The molecule has 43 heavy (non-hydrogen) atoms. The highest BCUT2D eigenvalue weighted by atomic mass is 32.2. The lowest BCUT2D eigenvalue weighted by Crippen LogP contribution is -2.47. The number of esters is 1. The Bertz CT molecular complexity index is 1860.